The molecule has 0 atom stereocenters. The van der Waals surface area contributed by atoms with Crippen LogP contribution in [0.1, 0.15) is 51.9 Å². The molecular weight excluding hydrogens is 198 g/mol. The second-order valence-electron chi connectivity index (χ2n) is 6.55. The van der Waals surface area contributed by atoms with Crippen molar-refractivity contribution in [2.75, 3.05) is 6.54 Å². The molecule has 4 saturated carbocycles. The van der Waals surface area contributed by atoms with Crippen LogP contribution in [0.3, 0.4) is 0 Å². The van der Waals surface area contributed by atoms with Crippen LogP contribution in [-0.2, 0) is 4.79 Å². The molecule has 0 unspecified atom stereocenters. The quantitative estimate of drug-likeness (QED) is 0.780. The zero-order chi connectivity index (χ0) is 11.2. The first-order valence-electron chi connectivity index (χ1n) is 6.96. The Kier molecular flexibility index (Phi) is 2.49. The van der Waals surface area contributed by atoms with Crippen LogP contribution in [0.2, 0.25) is 0 Å². The van der Waals surface area contributed by atoms with Crippen LogP contribution in [0.25, 0.3) is 0 Å². The highest BCUT2D eigenvalue weighted by Crippen LogP contribution is 2.61. The summed E-state index contributed by atoms with van der Waals surface area (Å²) in [6.07, 6.45) is 9.24. The fourth-order valence-electron chi connectivity index (χ4n) is 5.11. The van der Waals surface area contributed by atoms with E-state index in [0.29, 0.717) is 11.3 Å². The first-order chi connectivity index (χ1) is 7.69. The van der Waals surface area contributed by atoms with E-state index in [1.54, 1.807) is 0 Å². The molecule has 16 heavy (non-hydrogen) atoms. The van der Waals surface area contributed by atoms with E-state index < -0.39 is 0 Å². The van der Waals surface area contributed by atoms with Gasteiger partial charge in [-0.3, -0.25) is 4.79 Å². The van der Waals surface area contributed by atoms with Crippen LogP contribution in [-0.4, -0.2) is 12.5 Å². The van der Waals surface area contributed by atoms with Crippen molar-refractivity contribution in [3.05, 3.63) is 0 Å². The summed E-state index contributed by atoms with van der Waals surface area (Å²) in [5, 5.41) is 2.98. The smallest absolute Gasteiger partial charge is 0.220 e. The molecule has 4 rings (SSSR count). The Bertz CT molecular complexity index is 262. The Morgan fingerprint density at radius 1 is 1.12 bits per heavy atom. The van der Waals surface area contributed by atoms with Crippen molar-refractivity contribution in [3.8, 4) is 0 Å². The third-order valence-corrected chi connectivity index (χ3v) is 5.07. The maximum absolute atomic E-state index is 11.8. The van der Waals surface area contributed by atoms with Crippen molar-refractivity contribution in [3.63, 3.8) is 0 Å². The lowest BCUT2D eigenvalue weighted by Gasteiger charge is -2.56. The molecule has 2 heteroatoms. The standard InChI is InChI=1S/C14H23NO/c1-2-15-13(16)9-14-6-10-3-11(7-14)5-12(4-10)8-14/h10-12H,2-9H2,1H3,(H,15,16). The number of carbonyl (C=O) groups is 1. The van der Waals surface area contributed by atoms with Crippen molar-refractivity contribution < 1.29 is 4.79 Å². The number of rotatable bonds is 3. The number of nitrogens with one attached hydrogen (secondary N) is 1. The van der Waals surface area contributed by atoms with Gasteiger partial charge in [-0.1, -0.05) is 0 Å². The molecule has 0 radical (unpaired) electrons. The third-order valence-electron chi connectivity index (χ3n) is 5.07. The molecular formula is C14H23NO. The minimum atomic E-state index is 0.296. The predicted octanol–water partition coefficient (Wildman–Crippen LogP) is 2.73. The largest absolute Gasteiger partial charge is 0.356 e. The molecule has 4 aliphatic carbocycles. The van der Waals surface area contributed by atoms with Gasteiger partial charge in [0.05, 0.1) is 0 Å². The van der Waals surface area contributed by atoms with Gasteiger partial charge in [0.2, 0.25) is 5.91 Å². The first kappa shape index (κ1) is 10.6. The molecule has 4 bridgehead atoms. The van der Waals surface area contributed by atoms with Gasteiger partial charge in [-0.25, -0.2) is 0 Å². The highest BCUT2D eigenvalue weighted by atomic mass is 16.1. The van der Waals surface area contributed by atoms with Crippen molar-refractivity contribution in [1.29, 1.82) is 0 Å². The minimum absolute atomic E-state index is 0.296. The van der Waals surface area contributed by atoms with Crippen LogP contribution in [0, 0.1) is 23.2 Å². The molecule has 1 N–H and O–H groups in total. The van der Waals surface area contributed by atoms with Crippen LogP contribution in [0.5, 0.6) is 0 Å². The Morgan fingerprint density at radius 2 is 1.62 bits per heavy atom. The van der Waals surface area contributed by atoms with Crippen LogP contribution < -0.4 is 5.32 Å². The molecule has 0 aromatic rings. The molecule has 2 nitrogen and oxygen atoms in total. The Balaban J connectivity index is 1.71. The lowest BCUT2D eigenvalue weighted by atomic mass is 9.49. The summed E-state index contributed by atoms with van der Waals surface area (Å²) in [4.78, 5) is 11.8. The van der Waals surface area contributed by atoms with E-state index in [4.69, 9.17) is 0 Å². The Labute approximate surface area is 98.2 Å². The summed E-state index contributed by atoms with van der Waals surface area (Å²) in [5.41, 5.74) is 0.411. The van der Waals surface area contributed by atoms with Gasteiger partial charge in [0.1, 0.15) is 0 Å². The lowest BCUT2D eigenvalue weighted by molar-refractivity contribution is -0.129. The van der Waals surface area contributed by atoms with Crippen LogP contribution >= 0.6 is 0 Å². The van der Waals surface area contributed by atoms with Crippen molar-refractivity contribution in [2.24, 2.45) is 23.2 Å². The molecule has 0 spiro atoms. The second-order valence-corrected chi connectivity index (χ2v) is 6.55. The molecule has 90 valence electrons. The van der Waals surface area contributed by atoms with Crippen molar-refractivity contribution >= 4 is 5.91 Å². The summed E-state index contributed by atoms with van der Waals surface area (Å²) in [6, 6.07) is 0. The highest BCUT2D eigenvalue weighted by Gasteiger charge is 2.51. The van der Waals surface area contributed by atoms with E-state index in [1.165, 1.54) is 38.5 Å². The minimum Gasteiger partial charge on any atom is -0.356 e. The molecule has 0 aromatic carbocycles. The van der Waals surface area contributed by atoms with E-state index in [9.17, 15) is 4.79 Å². The zero-order valence-electron chi connectivity index (χ0n) is 10.3. The Hall–Kier alpha value is -0.530. The number of hydrogen-bond donors (Lipinski definition) is 1. The average Bonchev–Trinajstić information content (AvgIpc) is 2.13. The SMILES string of the molecule is CCNC(=O)CC12CC3CC(CC(C3)C1)C2. The summed E-state index contributed by atoms with van der Waals surface area (Å²) in [5.74, 6) is 3.17. The molecule has 1 amide bonds. The normalized spacial score (nSPS) is 44.7. The molecule has 4 fully saturated rings. The fraction of sp³-hybridized carbons (Fsp3) is 0.929. The van der Waals surface area contributed by atoms with Gasteiger partial charge >= 0.3 is 0 Å². The predicted molar refractivity (Wildman–Crippen MR) is 63.9 cm³/mol. The average molecular weight is 221 g/mol. The molecule has 0 heterocycles. The fourth-order valence-corrected chi connectivity index (χ4v) is 5.11. The highest BCUT2D eigenvalue weighted by molar-refractivity contribution is 5.76. The van der Waals surface area contributed by atoms with Crippen LogP contribution in [0.15, 0.2) is 0 Å². The first-order valence-corrected chi connectivity index (χ1v) is 6.96. The van der Waals surface area contributed by atoms with Crippen LogP contribution in [0.4, 0.5) is 0 Å². The molecule has 0 aromatic heterocycles. The van der Waals surface area contributed by atoms with Crippen molar-refractivity contribution in [1.82, 2.24) is 5.32 Å². The maximum atomic E-state index is 11.8. The second kappa shape index (κ2) is 3.75. The van der Waals surface area contributed by atoms with E-state index in [0.717, 1.165) is 30.7 Å². The van der Waals surface area contributed by atoms with E-state index >= 15 is 0 Å². The third kappa shape index (κ3) is 1.76. The van der Waals surface area contributed by atoms with Gasteiger partial charge < -0.3 is 5.32 Å². The van der Waals surface area contributed by atoms with E-state index in [-0.39, 0.29) is 0 Å². The summed E-state index contributed by atoms with van der Waals surface area (Å²) < 4.78 is 0. The van der Waals surface area contributed by atoms with Gasteiger partial charge in [0.15, 0.2) is 0 Å². The monoisotopic (exact) mass is 221 g/mol. The Morgan fingerprint density at radius 3 is 2.06 bits per heavy atom. The summed E-state index contributed by atoms with van der Waals surface area (Å²) in [7, 11) is 0. The number of amides is 1. The summed E-state index contributed by atoms with van der Waals surface area (Å²) in [6.45, 7) is 2.79. The van der Waals surface area contributed by atoms with Gasteiger partial charge in [0.25, 0.3) is 0 Å². The van der Waals surface area contributed by atoms with Crippen molar-refractivity contribution in [2.45, 2.75) is 51.9 Å². The van der Waals surface area contributed by atoms with E-state index in [1.807, 2.05) is 6.92 Å². The maximum Gasteiger partial charge on any atom is 0.220 e. The van der Waals surface area contributed by atoms with E-state index in [2.05, 4.69) is 5.32 Å². The lowest BCUT2D eigenvalue weighted by Crippen LogP contribution is -2.48. The topological polar surface area (TPSA) is 29.1 Å². The molecule has 0 saturated heterocycles. The van der Waals surface area contributed by atoms with Gasteiger partial charge in [0, 0.05) is 13.0 Å². The van der Waals surface area contributed by atoms with Gasteiger partial charge in [-0.15, -0.1) is 0 Å². The molecule has 0 aliphatic heterocycles. The number of hydrogen-bond acceptors (Lipinski definition) is 1. The van der Waals surface area contributed by atoms with Gasteiger partial charge in [-0.05, 0) is 68.6 Å². The number of carbonyl (C=O) groups excluding carboxylic acids is 1. The summed E-state index contributed by atoms with van der Waals surface area (Å²) >= 11 is 0. The van der Waals surface area contributed by atoms with Gasteiger partial charge in [-0.2, -0.15) is 0 Å². The zero-order valence-corrected chi connectivity index (χ0v) is 10.3. The molecule has 4 aliphatic rings.